The minimum absolute atomic E-state index is 0.0130. The average Bonchev–Trinajstić information content (AvgIpc) is 3.03. The van der Waals surface area contributed by atoms with Crippen LogP contribution in [0.1, 0.15) is 40.1 Å². The van der Waals surface area contributed by atoms with Crippen molar-refractivity contribution in [2.75, 3.05) is 23.8 Å². The molecule has 0 saturated carbocycles. The Labute approximate surface area is 164 Å². The van der Waals surface area contributed by atoms with Gasteiger partial charge in [0, 0.05) is 0 Å². The molecule has 0 bridgehead atoms. The third-order valence-corrected chi connectivity index (χ3v) is 11.6. The van der Waals surface area contributed by atoms with Crippen molar-refractivity contribution < 1.29 is 14.4 Å². The Morgan fingerprint density at radius 2 is 1.85 bits per heavy atom. The molecule has 0 aliphatic carbocycles. The molecule has 2 aromatic rings. The molecule has 1 fully saturated rings. The molecule has 1 aromatic heterocycles. The predicted octanol–water partition coefficient (Wildman–Crippen LogP) is 4.51. The third kappa shape index (κ3) is 4.91. The van der Waals surface area contributed by atoms with Gasteiger partial charge in [-0.25, -0.2) is 0 Å². The maximum atomic E-state index is 12.9. The number of nitrogens with one attached hydrogen (secondary N) is 1. The Bertz CT molecular complexity index is 825. The predicted molar refractivity (Wildman–Crippen MR) is 115 cm³/mol. The number of hydrogen-bond donors (Lipinski definition) is 1. The number of rotatable bonds is 7. The summed E-state index contributed by atoms with van der Waals surface area (Å²) in [4.78, 5) is 35.9. The number of aldehydes is 1. The van der Waals surface area contributed by atoms with Gasteiger partial charge in [-0.05, 0) is 0 Å². The van der Waals surface area contributed by atoms with E-state index in [9.17, 15) is 14.4 Å². The van der Waals surface area contributed by atoms with Gasteiger partial charge in [0.2, 0.25) is 0 Å². The Balaban J connectivity index is 1.77. The van der Waals surface area contributed by atoms with Crippen molar-refractivity contribution in [3.8, 4) is 0 Å². The van der Waals surface area contributed by atoms with Crippen LogP contribution < -0.4 is 5.32 Å². The van der Waals surface area contributed by atoms with E-state index >= 15 is 0 Å². The first-order chi connectivity index (χ1) is 13.0. The van der Waals surface area contributed by atoms with Crippen LogP contribution in [-0.2, 0) is 15.8 Å². The number of amides is 1. The fourth-order valence-electron chi connectivity index (χ4n) is 4.11. The number of anilines is 1. The zero-order valence-corrected chi connectivity index (χ0v) is 17.4. The molecule has 4 nitrogen and oxygen atoms in total. The molecule has 1 aliphatic heterocycles. The van der Waals surface area contributed by atoms with Crippen LogP contribution in [0.2, 0.25) is 0 Å². The summed E-state index contributed by atoms with van der Waals surface area (Å²) in [5.74, 6) is -0.585. The molecular formula is C21H26NO3PS. The number of benzene rings is 1. The standard InChI is InChI=1S/C21H26NO3PS/c1-16-15-27-21(18(24)12-23)20(16)22-19(25)14-26(10-6-3-7-11-26)13-17-8-4-2-5-9-17/h2,4-5,8-9,12,15,26H,3,6-7,10-11,13-14H2,1H3,(H,22,25). The Morgan fingerprint density at radius 3 is 2.52 bits per heavy atom. The quantitative estimate of drug-likeness (QED) is 0.320. The number of carbonyl (C=O) groups excluding carboxylic acids is 3. The molecule has 2 heterocycles. The van der Waals surface area contributed by atoms with E-state index in [1.165, 1.54) is 48.5 Å². The van der Waals surface area contributed by atoms with E-state index in [4.69, 9.17) is 0 Å². The number of thiophene rings is 1. The summed E-state index contributed by atoms with van der Waals surface area (Å²) in [6, 6.07) is 10.5. The molecule has 0 spiro atoms. The number of ketones is 1. The van der Waals surface area contributed by atoms with Gasteiger partial charge in [0.05, 0.1) is 0 Å². The molecule has 0 atom stereocenters. The van der Waals surface area contributed by atoms with Gasteiger partial charge >= 0.3 is 165 Å². The van der Waals surface area contributed by atoms with Crippen LogP contribution in [0, 0.1) is 6.92 Å². The SMILES string of the molecule is Cc1csc(C(=O)C=O)c1NC(=O)C[PH]1(Cc2ccccc2)CCCCC1. The van der Waals surface area contributed by atoms with Gasteiger partial charge in [-0.15, -0.1) is 0 Å². The van der Waals surface area contributed by atoms with Crippen molar-refractivity contribution in [1.82, 2.24) is 0 Å². The van der Waals surface area contributed by atoms with Crippen LogP contribution >= 0.6 is 18.6 Å². The second-order valence-corrected chi connectivity index (χ2v) is 13.1. The van der Waals surface area contributed by atoms with Crippen LogP contribution in [-0.4, -0.2) is 36.5 Å². The molecule has 3 rings (SSSR count). The summed E-state index contributed by atoms with van der Waals surface area (Å²) in [5, 5.41) is 4.77. The molecule has 1 aromatic carbocycles. The van der Waals surface area contributed by atoms with Crippen LogP contribution in [0.25, 0.3) is 0 Å². The van der Waals surface area contributed by atoms with Crippen LogP contribution in [0.4, 0.5) is 5.69 Å². The zero-order chi connectivity index (χ0) is 19.3. The fourth-order valence-corrected chi connectivity index (χ4v) is 9.97. The van der Waals surface area contributed by atoms with E-state index in [2.05, 4.69) is 29.6 Å². The molecule has 1 amide bonds. The molecule has 144 valence electrons. The molecule has 0 radical (unpaired) electrons. The third-order valence-electron chi connectivity index (χ3n) is 5.44. The summed E-state index contributed by atoms with van der Waals surface area (Å²) in [6.45, 7) is 1.85. The van der Waals surface area contributed by atoms with Crippen LogP contribution in [0.3, 0.4) is 0 Å². The molecule has 1 saturated heterocycles. The van der Waals surface area contributed by atoms with E-state index in [0.717, 1.165) is 11.7 Å². The van der Waals surface area contributed by atoms with E-state index in [1.807, 2.05) is 18.4 Å². The van der Waals surface area contributed by atoms with E-state index in [-0.39, 0.29) is 5.91 Å². The summed E-state index contributed by atoms with van der Waals surface area (Å²) in [7, 11) is -1.75. The normalized spacial score (nSPS) is 17.1. The number of hydrogen-bond acceptors (Lipinski definition) is 4. The molecular weight excluding hydrogens is 377 g/mol. The van der Waals surface area contributed by atoms with E-state index < -0.39 is 13.0 Å². The van der Waals surface area contributed by atoms with Crippen LogP contribution in [0.5, 0.6) is 0 Å². The Kier molecular flexibility index (Phi) is 6.56. The molecule has 6 heteroatoms. The maximum absolute atomic E-state index is 12.9. The van der Waals surface area contributed by atoms with Crippen molar-refractivity contribution in [2.24, 2.45) is 0 Å². The Morgan fingerprint density at radius 1 is 1.15 bits per heavy atom. The number of Topliss-reactive ketones (excluding diaryl/α,β-unsaturated/α-hetero) is 1. The summed E-state index contributed by atoms with van der Waals surface area (Å²) in [5.41, 5.74) is 2.67. The first-order valence-corrected chi connectivity index (χ1v) is 13.2. The first kappa shape index (κ1) is 19.9. The topological polar surface area (TPSA) is 63.2 Å². The average molecular weight is 403 g/mol. The summed E-state index contributed by atoms with van der Waals surface area (Å²) < 4.78 is 0. The first-order valence-electron chi connectivity index (χ1n) is 9.44. The summed E-state index contributed by atoms with van der Waals surface area (Å²) >= 11 is 1.21. The molecule has 27 heavy (non-hydrogen) atoms. The zero-order valence-electron chi connectivity index (χ0n) is 15.6. The van der Waals surface area contributed by atoms with Gasteiger partial charge in [-0.3, -0.25) is 0 Å². The van der Waals surface area contributed by atoms with Crippen molar-refractivity contribution in [1.29, 1.82) is 0 Å². The van der Waals surface area contributed by atoms with Gasteiger partial charge in [-0.2, -0.15) is 0 Å². The van der Waals surface area contributed by atoms with E-state index in [1.54, 1.807) is 0 Å². The number of carbonyl (C=O) groups is 3. The van der Waals surface area contributed by atoms with Crippen molar-refractivity contribution >= 4 is 42.3 Å². The van der Waals surface area contributed by atoms with Crippen molar-refractivity contribution in [3.63, 3.8) is 0 Å². The number of aryl methyl sites for hydroxylation is 1. The second-order valence-electron chi connectivity index (χ2n) is 7.55. The van der Waals surface area contributed by atoms with Crippen LogP contribution in [0.15, 0.2) is 35.7 Å². The second kappa shape index (κ2) is 8.90. The van der Waals surface area contributed by atoms with Crippen molar-refractivity contribution in [2.45, 2.75) is 32.3 Å². The minimum atomic E-state index is -1.75. The molecule has 1 aliphatic rings. The van der Waals surface area contributed by atoms with Gasteiger partial charge in [0.25, 0.3) is 0 Å². The van der Waals surface area contributed by atoms with Crippen molar-refractivity contribution in [3.05, 3.63) is 51.7 Å². The van der Waals surface area contributed by atoms with Gasteiger partial charge in [0.1, 0.15) is 0 Å². The fraction of sp³-hybridized carbons (Fsp3) is 0.381. The summed E-state index contributed by atoms with van der Waals surface area (Å²) in [6.07, 6.45) is 7.95. The van der Waals surface area contributed by atoms with Gasteiger partial charge < -0.3 is 0 Å². The van der Waals surface area contributed by atoms with Gasteiger partial charge in [-0.1, -0.05) is 0 Å². The Hall–Kier alpha value is -1.84. The molecule has 1 N–H and O–H groups in total. The molecule has 0 unspecified atom stereocenters. The van der Waals surface area contributed by atoms with Gasteiger partial charge in [0.15, 0.2) is 0 Å². The van der Waals surface area contributed by atoms with E-state index in [0.29, 0.717) is 23.0 Å². The monoisotopic (exact) mass is 403 g/mol.